The second kappa shape index (κ2) is 4.53. The topological polar surface area (TPSA) is 39.9 Å². The van der Waals surface area contributed by atoms with Crippen molar-refractivity contribution in [1.82, 2.24) is 15.0 Å². The van der Waals surface area contributed by atoms with Crippen molar-refractivity contribution in [3.8, 4) is 11.6 Å². The molecule has 0 atom stereocenters. The SMILES string of the molecule is CCOc1cn(-c2ccc(Cl)cc2C)nn1. The number of aryl methyl sites for hydroxylation is 1. The first-order valence-corrected chi connectivity index (χ1v) is 5.40. The maximum Gasteiger partial charge on any atom is 0.253 e. The van der Waals surface area contributed by atoms with Gasteiger partial charge in [0.15, 0.2) is 0 Å². The van der Waals surface area contributed by atoms with Gasteiger partial charge in [0.25, 0.3) is 5.88 Å². The van der Waals surface area contributed by atoms with E-state index in [1.54, 1.807) is 10.9 Å². The Morgan fingerprint density at radius 2 is 2.25 bits per heavy atom. The van der Waals surface area contributed by atoms with E-state index in [1.807, 2.05) is 32.0 Å². The highest BCUT2D eigenvalue weighted by molar-refractivity contribution is 6.30. The molecule has 1 aromatic carbocycles. The minimum Gasteiger partial charge on any atom is -0.476 e. The first-order valence-electron chi connectivity index (χ1n) is 5.02. The molecule has 1 heterocycles. The third kappa shape index (κ3) is 2.17. The summed E-state index contributed by atoms with van der Waals surface area (Å²) in [5, 5.41) is 8.61. The van der Waals surface area contributed by atoms with E-state index < -0.39 is 0 Å². The van der Waals surface area contributed by atoms with Crippen LogP contribution in [0.15, 0.2) is 24.4 Å². The Balaban J connectivity index is 2.35. The van der Waals surface area contributed by atoms with Crippen LogP contribution in [0.3, 0.4) is 0 Å². The summed E-state index contributed by atoms with van der Waals surface area (Å²) in [6.45, 7) is 4.47. The Labute approximate surface area is 98.8 Å². The molecule has 16 heavy (non-hydrogen) atoms. The summed E-state index contributed by atoms with van der Waals surface area (Å²) in [5.41, 5.74) is 1.99. The summed E-state index contributed by atoms with van der Waals surface area (Å²) >= 11 is 5.89. The lowest BCUT2D eigenvalue weighted by molar-refractivity contribution is 0.326. The predicted octanol–water partition coefficient (Wildman–Crippen LogP) is 2.63. The zero-order chi connectivity index (χ0) is 11.5. The number of hydrogen-bond donors (Lipinski definition) is 0. The molecule has 0 saturated heterocycles. The molecule has 0 aliphatic carbocycles. The van der Waals surface area contributed by atoms with Gasteiger partial charge < -0.3 is 4.74 Å². The zero-order valence-electron chi connectivity index (χ0n) is 9.14. The molecule has 5 heteroatoms. The van der Waals surface area contributed by atoms with Gasteiger partial charge in [0, 0.05) is 5.02 Å². The Morgan fingerprint density at radius 1 is 1.44 bits per heavy atom. The summed E-state index contributed by atoms with van der Waals surface area (Å²) < 4.78 is 6.93. The Bertz CT molecular complexity index is 496. The quantitative estimate of drug-likeness (QED) is 0.824. The van der Waals surface area contributed by atoms with Gasteiger partial charge in [-0.25, -0.2) is 4.68 Å². The van der Waals surface area contributed by atoms with Gasteiger partial charge in [0.1, 0.15) is 0 Å². The molecule has 4 nitrogen and oxygen atoms in total. The number of rotatable bonds is 3. The summed E-state index contributed by atoms with van der Waals surface area (Å²) in [5.74, 6) is 0.525. The molecule has 0 N–H and O–H groups in total. The molecular weight excluding hydrogens is 226 g/mol. The summed E-state index contributed by atoms with van der Waals surface area (Å²) in [6.07, 6.45) is 1.75. The first kappa shape index (κ1) is 11.0. The molecule has 0 spiro atoms. The third-order valence-electron chi connectivity index (χ3n) is 2.17. The standard InChI is InChI=1S/C11H12ClN3O/c1-3-16-11-7-15(14-13-11)10-5-4-9(12)6-8(10)2/h4-7H,3H2,1-2H3. The van der Waals surface area contributed by atoms with E-state index in [0.29, 0.717) is 17.5 Å². The smallest absolute Gasteiger partial charge is 0.253 e. The monoisotopic (exact) mass is 237 g/mol. The lowest BCUT2D eigenvalue weighted by atomic mass is 10.2. The normalized spacial score (nSPS) is 10.4. The molecule has 0 aliphatic heterocycles. The maximum absolute atomic E-state index is 5.89. The highest BCUT2D eigenvalue weighted by Crippen LogP contribution is 2.19. The van der Waals surface area contributed by atoms with Gasteiger partial charge in [-0.3, -0.25) is 0 Å². The van der Waals surface area contributed by atoms with Gasteiger partial charge in [0.2, 0.25) is 0 Å². The van der Waals surface area contributed by atoms with Crippen LogP contribution in [0.1, 0.15) is 12.5 Å². The van der Waals surface area contributed by atoms with Gasteiger partial charge in [-0.15, -0.1) is 0 Å². The van der Waals surface area contributed by atoms with Crippen LogP contribution in [0.5, 0.6) is 5.88 Å². The van der Waals surface area contributed by atoms with Crippen LogP contribution in [0.25, 0.3) is 5.69 Å². The van der Waals surface area contributed by atoms with Crippen LogP contribution < -0.4 is 4.74 Å². The van der Waals surface area contributed by atoms with Gasteiger partial charge in [-0.1, -0.05) is 21.9 Å². The van der Waals surface area contributed by atoms with E-state index in [2.05, 4.69) is 10.3 Å². The fourth-order valence-electron chi connectivity index (χ4n) is 1.46. The number of hydrogen-bond acceptors (Lipinski definition) is 3. The number of halogens is 1. The number of ether oxygens (including phenoxy) is 1. The molecule has 2 rings (SSSR count). The first-order chi connectivity index (χ1) is 7.70. The molecule has 0 amide bonds. The maximum atomic E-state index is 5.89. The predicted molar refractivity (Wildman–Crippen MR) is 62.3 cm³/mol. The lowest BCUT2D eigenvalue weighted by Gasteiger charge is -2.04. The van der Waals surface area contributed by atoms with E-state index in [4.69, 9.17) is 16.3 Å². The average Bonchev–Trinajstić information content (AvgIpc) is 2.67. The summed E-state index contributed by atoms with van der Waals surface area (Å²) in [6, 6.07) is 5.62. The Morgan fingerprint density at radius 3 is 2.94 bits per heavy atom. The second-order valence-corrected chi connectivity index (χ2v) is 3.80. The van der Waals surface area contributed by atoms with Gasteiger partial charge in [-0.05, 0) is 37.6 Å². The van der Waals surface area contributed by atoms with Crippen LogP contribution >= 0.6 is 11.6 Å². The van der Waals surface area contributed by atoms with E-state index in [0.717, 1.165) is 11.3 Å². The van der Waals surface area contributed by atoms with Crippen molar-refractivity contribution in [2.24, 2.45) is 0 Å². The molecule has 0 bridgehead atoms. The lowest BCUT2D eigenvalue weighted by Crippen LogP contribution is -1.97. The van der Waals surface area contributed by atoms with Gasteiger partial charge in [0.05, 0.1) is 18.5 Å². The summed E-state index contributed by atoms with van der Waals surface area (Å²) in [4.78, 5) is 0. The molecule has 0 saturated carbocycles. The van der Waals surface area contributed by atoms with E-state index >= 15 is 0 Å². The Hall–Kier alpha value is -1.55. The number of benzene rings is 1. The molecule has 2 aromatic rings. The fourth-order valence-corrected chi connectivity index (χ4v) is 1.68. The Kier molecular flexibility index (Phi) is 3.10. The zero-order valence-corrected chi connectivity index (χ0v) is 9.90. The van der Waals surface area contributed by atoms with Crippen molar-refractivity contribution < 1.29 is 4.74 Å². The van der Waals surface area contributed by atoms with Crippen molar-refractivity contribution in [2.75, 3.05) is 6.61 Å². The van der Waals surface area contributed by atoms with Crippen molar-refractivity contribution in [1.29, 1.82) is 0 Å². The number of aromatic nitrogens is 3. The highest BCUT2D eigenvalue weighted by atomic mass is 35.5. The molecule has 0 aliphatic rings. The van der Waals surface area contributed by atoms with E-state index in [9.17, 15) is 0 Å². The molecule has 1 aromatic heterocycles. The highest BCUT2D eigenvalue weighted by Gasteiger charge is 2.05. The minimum absolute atomic E-state index is 0.525. The van der Waals surface area contributed by atoms with E-state index in [1.165, 1.54) is 0 Å². The van der Waals surface area contributed by atoms with Gasteiger partial charge in [-0.2, -0.15) is 0 Å². The average molecular weight is 238 g/mol. The van der Waals surface area contributed by atoms with Crippen LogP contribution in [0.4, 0.5) is 0 Å². The van der Waals surface area contributed by atoms with E-state index in [-0.39, 0.29) is 0 Å². The molecule has 0 unspecified atom stereocenters. The largest absolute Gasteiger partial charge is 0.476 e. The minimum atomic E-state index is 0.525. The third-order valence-corrected chi connectivity index (χ3v) is 2.41. The second-order valence-electron chi connectivity index (χ2n) is 3.37. The van der Waals surface area contributed by atoms with Crippen LogP contribution in [0.2, 0.25) is 5.02 Å². The molecule has 0 radical (unpaired) electrons. The van der Waals surface area contributed by atoms with Gasteiger partial charge >= 0.3 is 0 Å². The van der Waals surface area contributed by atoms with Crippen LogP contribution in [-0.4, -0.2) is 21.6 Å². The van der Waals surface area contributed by atoms with Crippen molar-refractivity contribution in [3.05, 3.63) is 35.0 Å². The fraction of sp³-hybridized carbons (Fsp3) is 0.273. The summed E-state index contributed by atoms with van der Waals surface area (Å²) in [7, 11) is 0. The van der Waals surface area contributed by atoms with Crippen molar-refractivity contribution in [2.45, 2.75) is 13.8 Å². The van der Waals surface area contributed by atoms with Crippen molar-refractivity contribution >= 4 is 11.6 Å². The van der Waals surface area contributed by atoms with Crippen LogP contribution in [0, 0.1) is 6.92 Å². The molecule has 0 fully saturated rings. The van der Waals surface area contributed by atoms with Crippen LogP contribution in [-0.2, 0) is 0 Å². The molecular formula is C11H12ClN3O. The number of nitrogens with zero attached hydrogens (tertiary/aromatic N) is 3. The molecule has 84 valence electrons. The van der Waals surface area contributed by atoms with Crippen molar-refractivity contribution in [3.63, 3.8) is 0 Å².